The van der Waals surface area contributed by atoms with Gasteiger partial charge in [-0.25, -0.2) is 4.98 Å². The zero-order valence-electron chi connectivity index (χ0n) is 17.7. The lowest BCUT2D eigenvalue weighted by atomic mass is 10.1. The zero-order valence-corrected chi connectivity index (χ0v) is 18.5. The summed E-state index contributed by atoms with van der Waals surface area (Å²) in [5.41, 5.74) is -0.480. The highest BCUT2D eigenvalue weighted by Crippen LogP contribution is 2.42. The van der Waals surface area contributed by atoms with Gasteiger partial charge in [0.15, 0.2) is 0 Å². The molecule has 0 aliphatic rings. The van der Waals surface area contributed by atoms with E-state index in [-0.39, 0.29) is 28.8 Å². The monoisotopic (exact) mass is 487 g/mol. The molecule has 0 spiro atoms. The number of nitrogens with zero attached hydrogens (tertiary/aromatic N) is 1. The summed E-state index contributed by atoms with van der Waals surface area (Å²) in [6, 6.07) is 16.4. The second kappa shape index (κ2) is 9.61. The van der Waals surface area contributed by atoms with Crippen LogP contribution in [0, 0.1) is 0 Å². The Kier molecular flexibility index (Phi) is 6.61. The smallest absolute Gasteiger partial charge is 0.420 e. The number of esters is 1. The molecule has 1 aromatic heterocycles. The van der Waals surface area contributed by atoms with Gasteiger partial charge < -0.3 is 14.2 Å². The SMILES string of the molecule is COC(=O)Cc1cccc(Oc2ccc(Oc3cccc4ccnc(Cl)c34)cc2C(F)(F)F)c1. The molecule has 0 N–H and O–H groups in total. The van der Waals surface area contributed by atoms with Crippen molar-refractivity contribution in [3.05, 3.63) is 89.2 Å². The van der Waals surface area contributed by atoms with E-state index in [9.17, 15) is 18.0 Å². The first-order chi connectivity index (χ1) is 16.2. The molecule has 3 aromatic carbocycles. The van der Waals surface area contributed by atoms with Crippen LogP contribution < -0.4 is 9.47 Å². The van der Waals surface area contributed by atoms with Crippen LogP contribution in [0.2, 0.25) is 5.15 Å². The molecular weight excluding hydrogens is 471 g/mol. The lowest BCUT2D eigenvalue weighted by Gasteiger charge is -2.16. The minimum Gasteiger partial charge on any atom is -0.469 e. The minimum atomic E-state index is -4.71. The van der Waals surface area contributed by atoms with E-state index in [1.54, 1.807) is 36.4 Å². The van der Waals surface area contributed by atoms with Gasteiger partial charge in [-0.2, -0.15) is 13.2 Å². The van der Waals surface area contributed by atoms with Gasteiger partial charge in [0.25, 0.3) is 0 Å². The molecule has 0 radical (unpaired) electrons. The van der Waals surface area contributed by atoms with Gasteiger partial charge in [-0.3, -0.25) is 4.79 Å². The van der Waals surface area contributed by atoms with E-state index >= 15 is 0 Å². The van der Waals surface area contributed by atoms with Gasteiger partial charge >= 0.3 is 12.1 Å². The van der Waals surface area contributed by atoms with Crippen molar-refractivity contribution in [3.63, 3.8) is 0 Å². The fourth-order valence-corrected chi connectivity index (χ4v) is 3.59. The van der Waals surface area contributed by atoms with Crippen molar-refractivity contribution in [2.75, 3.05) is 7.11 Å². The second-order valence-electron chi connectivity index (χ2n) is 7.22. The lowest BCUT2D eigenvalue weighted by Crippen LogP contribution is -2.08. The maximum absolute atomic E-state index is 13.9. The molecule has 0 aliphatic carbocycles. The number of fused-ring (bicyclic) bond motifs is 1. The van der Waals surface area contributed by atoms with Gasteiger partial charge in [-0.15, -0.1) is 0 Å². The Morgan fingerprint density at radius 2 is 1.68 bits per heavy atom. The number of carbonyl (C=O) groups is 1. The minimum absolute atomic E-state index is 0.0327. The standard InChI is InChI=1S/C25H17ClF3NO4/c1-32-22(31)13-15-4-2-6-17(12-15)33-20-9-8-18(14-19(20)25(27,28)29)34-21-7-3-5-16-10-11-30-24(26)23(16)21/h2-12,14H,13H2,1H3. The van der Waals surface area contributed by atoms with Gasteiger partial charge in [-0.1, -0.05) is 35.9 Å². The third-order valence-electron chi connectivity index (χ3n) is 4.89. The number of pyridine rings is 1. The maximum Gasteiger partial charge on any atom is 0.420 e. The zero-order chi connectivity index (χ0) is 24.3. The summed E-state index contributed by atoms with van der Waals surface area (Å²) in [7, 11) is 1.25. The molecule has 34 heavy (non-hydrogen) atoms. The fourth-order valence-electron chi connectivity index (χ4n) is 3.34. The number of hydrogen-bond donors (Lipinski definition) is 0. The summed E-state index contributed by atoms with van der Waals surface area (Å²) in [5, 5.41) is 1.40. The van der Waals surface area contributed by atoms with Crippen molar-refractivity contribution in [1.82, 2.24) is 4.98 Å². The van der Waals surface area contributed by atoms with Crippen molar-refractivity contribution in [2.45, 2.75) is 12.6 Å². The molecule has 0 saturated carbocycles. The first-order valence-corrected chi connectivity index (χ1v) is 10.4. The van der Waals surface area contributed by atoms with Crippen molar-refractivity contribution in [1.29, 1.82) is 0 Å². The molecule has 4 aromatic rings. The summed E-state index contributed by atoms with van der Waals surface area (Å²) in [5.74, 6) is -0.516. The van der Waals surface area contributed by atoms with Crippen molar-refractivity contribution in [2.24, 2.45) is 0 Å². The number of carbonyl (C=O) groups excluding carboxylic acids is 1. The van der Waals surface area contributed by atoms with Crippen LogP contribution in [0.3, 0.4) is 0 Å². The molecule has 174 valence electrons. The number of ether oxygens (including phenoxy) is 3. The molecule has 0 bridgehead atoms. The van der Waals surface area contributed by atoms with E-state index in [2.05, 4.69) is 9.72 Å². The molecule has 0 amide bonds. The summed E-state index contributed by atoms with van der Waals surface area (Å²) in [4.78, 5) is 15.5. The van der Waals surface area contributed by atoms with Crippen LogP contribution in [-0.4, -0.2) is 18.1 Å². The summed E-state index contributed by atoms with van der Waals surface area (Å²) < 4.78 is 57.5. The molecule has 0 unspecified atom stereocenters. The van der Waals surface area contributed by atoms with Crippen LogP contribution in [0.5, 0.6) is 23.0 Å². The van der Waals surface area contributed by atoms with Crippen LogP contribution in [0.4, 0.5) is 13.2 Å². The summed E-state index contributed by atoms with van der Waals surface area (Å²) in [6.07, 6.45) is -3.21. The van der Waals surface area contributed by atoms with Crippen LogP contribution in [-0.2, 0) is 22.1 Å². The average Bonchev–Trinajstić information content (AvgIpc) is 2.80. The van der Waals surface area contributed by atoms with Crippen molar-refractivity contribution in [3.8, 4) is 23.0 Å². The Hall–Kier alpha value is -3.78. The van der Waals surface area contributed by atoms with Crippen LogP contribution in [0.25, 0.3) is 10.8 Å². The van der Waals surface area contributed by atoms with E-state index in [4.69, 9.17) is 21.1 Å². The Morgan fingerprint density at radius 1 is 0.941 bits per heavy atom. The molecule has 9 heteroatoms. The third kappa shape index (κ3) is 5.23. The van der Waals surface area contributed by atoms with E-state index in [0.717, 1.165) is 11.5 Å². The van der Waals surface area contributed by atoms with Crippen LogP contribution in [0.1, 0.15) is 11.1 Å². The second-order valence-corrected chi connectivity index (χ2v) is 7.57. The highest BCUT2D eigenvalue weighted by molar-refractivity contribution is 6.34. The van der Waals surface area contributed by atoms with Crippen molar-refractivity contribution < 1.29 is 32.2 Å². The Bertz CT molecular complexity index is 1350. The largest absolute Gasteiger partial charge is 0.469 e. The average molecular weight is 488 g/mol. The molecule has 0 saturated heterocycles. The number of rotatable bonds is 6. The van der Waals surface area contributed by atoms with Gasteiger partial charge in [0.2, 0.25) is 0 Å². The quantitative estimate of drug-likeness (QED) is 0.212. The highest BCUT2D eigenvalue weighted by atomic mass is 35.5. The molecule has 0 atom stereocenters. The highest BCUT2D eigenvalue weighted by Gasteiger charge is 2.35. The van der Waals surface area contributed by atoms with E-state index in [0.29, 0.717) is 10.9 Å². The first-order valence-electron chi connectivity index (χ1n) is 10.0. The van der Waals surface area contributed by atoms with E-state index in [1.165, 1.54) is 37.6 Å². The molecule has 0 fully saturated rings. The number of hydrogen-bond acceptors (Lipinski definition) is 5. The molecule has 1 heterocycles. The molecule has 4 rings (SSSR count). The normalized spacial score (nSPS) is 11.3. The fraction of sp³-hybridized carbons (Fsp3) is 0.120. The van der Waals surface area contributed by atoms with Crippen LogP contribution >= 0.6 is 11.6 Å². The van der Waals surface area contributed by atoms with Gasteiger partial charge in [-0.05, 0) is 53.4 Å². The number of methoxy groups -OCH3 is 1. The third-order valence-corrected chi connectivity index (χ3v) is 5.18. The Labute approximate surface area is 197 Å². The first kappa shape index (κ1) is 23.4. The predicted molar refractivity (Wildman–Crippen MR) is 121 cm³/mol. The number of aromatic nitrogens is 1. The van der Waals surface area contributed by atoms with Gasteiger partial charge in [0.1, 0.15) is 33.7 Å². The molecule has 5 nitrogen and oxygen atoms in total. The summed E-state index contributed by atoms with van der Waals surface area (Å²) >= 11 is 6.18. The Morgan fingerprint density at radius 3 is 2.44 bits per heavy atom. The molecule has 0 aliphatic heterocycles. The van der Waals surface area contributed by atoms with Gasteiger partial charge in [0.05, 0.1) is 18.9 Å². The summed E-state index contributed by atoms with van der Waals surface area (Å²) in [6.45, 7) is 0. The number of benzene rings is 3. The number of alkyl halides is 3. The van der Waals surface area contributed by atoms with E-state index in [1.807, 2.05) is 0 Å². The van der Waals surface area contributed by atoms with Crippen LogP contribution in [0.15, 0.2) is 72.9 Å². The van der Waals surface area contributed by atoms with Gasteiger partial charge in [0, 0.05) is 6.20 Å². The number of halogens is 4. The van der Waals surface area contributed by atoms with Crippen molar-refractivity contribution >= 4 is 28.3 Å². The Balaban J connectivity index is 1.66. The lowest BCUT2D eigenvalue weighted by molar-refractivity contribution is -0.140. The topological polar surface area (TPSA) is 57.7 Å². The predicted octanol–water partition coefficient (Wildman–Crippen LogP) is 7.21. The van der Waals surface area contributed by atoms with E-state index < -0.39 is 23.5 Å². The maximum atomic E-state index is 13.9. The molecular formula is C25H17ClF3NO4.